The minimum absolute atomic E-state index is 0.0427. The largest absolute Gasteiger partial charge is 0.430 e. The van der Waals surface area contributed by atoms with Gasteiger partial charge in [0.1, 0.15) is 10.6 Å². The predicted molar refractivity (Wildman–Crippen MR) is 96.2 cm³/mol. The molecule has 1 aliphatic heterocycles. The van der Waals surface area contributed by atoms with Crippen LogP contribution in [0.4, 0.5) is 5.82 Å². The van der Waals surface area contributed by atoms with Crippen LogP contribution in [0, 0.1) is 17.0 Å². The maximum atomic E-state index is 12.7. The number of hydrogen-bond donors (Lipinski definition) is 0. The molecule has 2 aromatic heterocycles. The Hall–Kier alpha value is -2.63. The summed E-state index contributed by atoms with van der Waals surface area (Å²) in [6.07, 6.45) is 1.19. The molecular formula is C16H19N5O5S. The highest BCUT2D eigenvalue weighted by Crippen LogP contribution is 2.29. The van der Waals surface area contributed by atoms with E-state index in [2.05, 4.69) is 14.9 Å². The van der Waals surface area contributed by atoms with Gasteiger partial charge in [0.25, 0.3) is 0 Å². The van der Waals surface area contributed by atoms with Crippen molar-refractivity contribution in [2.24, 2.45) is 0 Å². The number of aromatic nitrogens is 2. The van der Waals surface area contributed by atoms with E-state index in [0.717, 1.165) is 0 Å². The highest BCUT2D eigenvalue weighted by molar-refractivity contribution is 7.89. The van der Waals surface area contributed by atoms with E-state index in [4.69, 9.17) is 4.74 Å². The Kier molecular flexibility index (Phi) is 5.35. The number of aryl methyl sites for hydroxylation is 1. The molecule has 0 radical (unpaired) electrons. The molecule has 10 nitrogen and oxygen atoms in total. The molecule has 0 atom stereocenters. The minimum atomic E-state index is -3.63. The van der Waals surface area contributed by atoms with Crippen LogP contribution >= 0.6 is 0 Å². The molecule has 1 saturated heterocycles. The van der Waals surface area contributed by atoms with Crippen LogP contribution in [0.2, 0.25) is 0 Å². The number of nitrogens with zero attached hydrogens (tertiary/aromatic N) is 5. The summed E-state index contributed by atoms with van der Waals surface area (Å²) in [6, 6.07) is 5.75. The molecule has 0 aliphatic carbocycles. The first kappa shape index (κ1) is 19.1. The van der Waals surface area contributed by atoms with Gasteiger partial charge in [0.05, 0.1) is 6.20 Å². The fourth-order valence-corrected chi connectivity index (χ4v) is 3.98. The van der Waals surface area contributed by atoms with Gasteiger partial charge in [-0.05, 0) is 35.2 Å². The van der Waals surface area contributed by atoms with Gasteiger partial charge in [0.15, 0.2) is 0 Å². The average molecular weight is 393 g/mol. The molecule has 0 saturated carbocycles. The lowest BCUT2D eigenvalue weighted by Crippen LogP contribution is -2.47. The van der Waals surface area contributed by atoms with Gasteiger partial charge in [0.2, 0.25) is 21.7 Å². The van der Waals surface area contributed by atoms with Gasteiger partial charge in [-0.15, -0.1) is 0 Å². The lowest BCUT2D eigenvalue weighted by Gasteiger charge is -2.31. The van der Waals surface area contributed by atoms with Crippen LogP contribution in [-0.2, 0) is 10.0 Å². The third-order valence-corrected chi connectivity index (χ3v) is 6.06. The first-order chi connectivity index (χ1) is 12.8. The van der Waals surface area contributed by atoms with Crippen molar-refractivity contribution in [2.45, 2.75) is 11.8 Å². The first-order valence-electron chi connectivity index (χ1n) is 8.22. The molecule has 1 aliphatic rings. The van der Waals surface area contributed by atoms with Crippen LogP contribution in [0.1, 0.15) is 5.69 Å². The quantitative estimate of drug-likeness (QED) is 0.553. The average Bonchev–Trinajstić information content (AvgIpc) is 2.64. The van der Waals surface area contributed by atoms with Crippen molar-refractivity contribution >= 4 is 15.8 Å². The number of sulfonamides is 1. The van der Waals surface area contributed by atoms with E-state index >= 15 is 0 Å². The van der Waals surface area contributed by atoms with E-state index in [-0.39, 0.29) is 16.5 Å². The standard InChI is InChI=1S/C16H19N5O5S/c1-12-3-5-14(16(18-12)21(22)23)26-15-6-4-13(11-17-15)27(24,25)20-9-7-19(2)8-10-20/h3-6,11H,7-10H2,1-2H3. The van der Waals surface area contributed by atoms with Gasteiger partial charge in [-0.2, -0.15) is 4.31 Å². The number of rotatable bonds is 5. The van der Waals surface area contributed by atoms with Crippen molar-refractivity contribution < 1.29 is 18.1 Å². The van der Waals surface area contributed by atoms with Crippen LogP contribution in [0.5, 0.6) is 11.6 Å². The third kappa shape index (κ3) is 4.21. The molecule has 0 unspecified atom stereocenters. The van der Waals surface area contributed by atoms with E-state index in [0.29, 0.717) is 31.9 Å². The molecule has 0 aromatic carbocycles. The topological polar surface area (TPSA) is 119 Å². The van der Waals surface area contributed by atoms with Crippen LogP contribution in [0.15, 0.2) is 35.4 Å². The molecule has 1 fully saturated rings. The summed E-state index contributed by atoms with van der Waals surface area (Å²) in [4.78, 5) is 20.4. The van der Waals surface area contributed by atoms with E-state index in [9.17, 15) is 18.5 Å². The monoisotopic (exact) mass is 393 g/mol. The second-order valence-corrected chi connectivity index (χ2v) is 8.11. The van der Waals surface area contributed by atoms with Crippen molar-refractivity contribution in [3.63, 3.8) is 0 Å². The lowest BCUT2D eigenvalue weighted by molar-refractivity contribution is -0.390. The Labute approximate surface area is 156 Å². The summed E-state index contributed by atoms with van der Waals surface area (Å²) < 4.78 is 32.2. The van der Waals surface area contributed by atoms with Crippen LogP contribution in [-0.4, -0.2) is 65.7 Å². The molecular weight excluding hydrogens is 374 g/mol. The zero-order valence-electron chi connectivity index (χ0n) is 14.9. The van der Waals surface area contributed by atoms with Crippen LogP contribution in [0.25, 0.3) is 0 Å². The minimum Gasteiger partial charge on any atom is -0.430 e. The maximum Gasteiger partial charge on any atom is 0.407 e. The van der Waals surface area contributed by atoms with Crippen molar-refractivity contribution in [1.82, 2.24) is 19.2 Å². The Morgan fingerprint density at radius 3 is 2.44 bits per heavy atom. The molecule has 3 rings (SSSR count). The fraction of sp³-hybridized carbons (Fsp3) is 0.375. The third-order valence-electron chi connectivity index (χ3n) is 4.18. The maximum absolute atomic E-state index is 12.7. The molecule has 2 aromatic rings. The molecule has 3 heterocycles. The van der Waals surface area contributed by atoms with Crippen LogP contribution in [0.3, 0.4) is 0 Å². The highest BCUT2D eigenvalue weighted by Gasteiger charge is 2.28. The summed E-state index contributed by atoms with van der Waals surface area (Å²) >= 11 is 0. The van der Waals surface area contributed by atoms with E-state index < -0.39 is 20.8 Å². The second kappa shape index (κ2) is 7.55. The normalized spacial score (nSPS) is 16.2. The molecule has 0 amide bonds. The van der Waals surface area contributed by atoms with Crippen molar-refractivity contribution in [1.29, 1.82) is 0 Å². The van der Waals surface area contributed by atoms with Gasteiger partial charge in [0, 0.05) is 39.2 Å². The van der Waals surface area contributed by atoms with Crippen molar-refractivity contribution in [3.05, 3.63) is 46.3 Å². The van der Waals surface area contributed by atoms with E-state index in [1.54, 1.807) is 13.0 Å². The van der Waals surface area contributed by atoms with Gasteiger partial charge in [-0.3, -0.25) is 0 Å². The Morgan fingerprint density at radius 1 is 1.15 bits per heavy atom. The molecule has 27 heavy (non-hydrogen) atoms. The van der Waals surface area contributed by atoms with E-state index in [1.807, 2.05) is 7.05 Å². The zero-order chi connectivity index (χ0) is 19.6. The Balaban J connectivity index is 1.79. The summed E-state index contributed by atoms with van der Waals surface area (Å²) in [7, 11) is -1.69. The van der Waals surface area contributed by atoms with Crippen molar-refractivity contribution in [2.75, 3.05) is 33.2 Å². The summed E-state index contributed by atoms with van der Waals surface area (Å²) in [5.74, 6) is -0.445. The molecule has 0 bridgehead atoms. The summed E-state index contributed by atoms with van der Waals surface area (Å²) in [6.45, 7) is 3.79. The summed E-state index contributed by atoms with van der Waals surface area (Å²) in [5, 5.41) is 11.1. The van der Waals surface area contributed by atoms with Gasteiger partial charge < -0.3 is 19.8 Å². The number of ether oxygens (including phenoxy) is 1. The highest BCUT2D eigenvalue weighted by atomic mass is 32.2. The number of hydrogen-bond acceptors (Lipinski definition) is 8. The van der Waals surface area contributed by atoms with Crippen LogP contribution < -0.4 is 4.74 Å². The predicted octanol–water partition coefficient (Wildman–Crippen LogP) is 1.42. The Morgan fingerprint density at radius 2 is 1.85 bits per heavy atom. The molecule has 0 N–H and O–H groups in total. The number of piperazine rings is 1. The van der Waals surface area contributed by atoms with E-state index in [1.165, 1.54) is 28.7 Å². The summed E-state index contributed by atoms with van der Waals surface area (Å²) in [5.41, 5.74) is 0.482. The Bertz CT molecular complexity index is 940. The lowest BCUT2D eigenvalue weighted by atomic mass is 10.3. The SMILES string of the molecule is Cc1ccc(Oc2ccc(S(=O)(=O)N3CCN(C)CC3)cn2)c([N+](=O)[O-])n1. The van der Waals surface area contributed by atoms with Crippen molar-refractivity contribution in [3.8, 4) is 11.6 Å². The number of pyridine rings is 2. The molecule has 11 heteroatoms. The smallest absolute Gasteiger partial charge is 0.407 e. The van der Waals surface area contributed by atoms with Gasteiger partial charge >= 0.3 is 5.82 Å². The fourth-order valence-electron chi connectivity index (χ4n) is 2.61. The van der Waals surface area contributed by atoms with Gasteiger partial charge in [-0.1, -0.05) is 0 Å². The second-order valence-electron chi connectivity index (χ2n) is 6.17. The number of likely N-dealkylation sites (N-methyl/N-ethyl adjacent to an activating group) is 1. The number of nitro groups is 1. The first-order valence-corrected chi connectivity index (χ1v) is 9.66. The zero-order valence-corrected chi connectivity index (χ0v) is 15.7. The molecule has 144 valence electrons. The van der Waals surface area contributed by atoms with Gasteiger partial charge in [-0.25, -0.2) is 13.4 Å². The molecule has 0 spiro atoms.